The van der Waals surface area contributed by atoms with Crippen LogP contribution in [-0.2, 0) is 16.6 Å². The van der Waals surface area contributed by atoms with Gasteiger partial charge >= 0.3 is 0 Å². The number of nitrogens with one attached hydrogen (secondary N) is 1. The van der Waals surface area contributed by atoms with Crippen molar-refractivity contribution >= 4 is 21.6 Å². The highest BCUT2D eigenvalue weighted by Gasteiger charge is 2.15. The zero-order chi connectivity index (χ0) is 17.9. The lowest BCUT2D eigenvalue weighted by Crippen LogP contribution is -2.23. The van der Waals surface area contributed by atoms with Gasteiger partial charge in [-0.2, -0.15) is 0 Å². The monoisotopic (exact) mass is 349 g/mol. The number of sulfonamides is 1. The molecule has 2 aromatic rings. The third-order valence-corrected chi connectivity index (χ3v) is 4.26. The Morgan fingerprint density at radius 1 is 1.25 bits per heavy atom. The molecule has 0 radical (unpaired) electrons. The molecule has 2 rings (SSSR count). The van der Waals surface area contributed by atoms with Gasteiger partial charge in [0, 0.05) is 23.7 Å². The lowest BCUT2D eigenvalue weighted by atomic mass is 10.1. The van der Waals surface area contributed by atoms with Crippen molar-refractivity contribution in [2.75, 3.05) is 0 Å². The first kappa shape index (κ1) is 17.6. The maximum absolute atomic E-state index is 12.1. The minimum Gasteiger partial charge on any atom is -0.348 e. The van der Waals surface area contributed by atoms with Crippen LogP contribution in [0.5, 0.6) is 0 Å². The van der Waals surface area contributed by atoms with Gasteiger partial charge in [0.05, 0.1) is 9.82 Å². The van der Waals surface area contributed by atoms with Gasteiger partial charge in [0.1, 0.15) is 0 Å². The topological polar surface area (TPSA) is 132 Å². The van der Waals surface area contributed by atoms with Crippen molar-refractivity contribution in [1.82, 2.24) is 5.32 Å². The Kier molecular flexibility index (Phi) is 4.96. The number of hydrogen-bond acceptors (Lipinski definition) is 5. The predicted molar refractivity (Wildman–Crippen MR) is 86.8 cm³/mol. The quantitative estimate of drug-likeness (QED) is 0.623. The summed E-state index contributed by atoms with van der Waals surface area (Å²) in [6.07, 6.45) is 0. The highest BCUT2D eigenvalue weighted by Crippen LogP contribution is 2.19. The van der Waals surface area contributed by atoms with Crippen LogP contribution >= 0.6 is 0 Å². The van der Waals surface area contributed by atoms with E-state index in [0.29, 0.717) is 11.1 Å². The van der Waals surface area contributed by atoms with Gasteiger partial charge < -0.3 is 5.32 Å². The third-order valence-electron chi connectivity index (χ3n) is 3.35. The number of benzene rings is 2. The maximum Gasteiger partial charge on any atom is 0.273 e. The summed E-state index contributed by atoms with van der Waals surface area (Å²) in [4.78, 5) is 22.4. The molecule has 0 aliphatic carbocycles. The van der Waals surface area contributed by atoms with E-state index in [0.717, 1.165) is 0 Å². The number of nitro benzene ring substituents is 1. The van der Waals surface area contributed by atoms with Gasteiger partial charge in [-0.3, -0.25) is 14.9 Å². The Morgan fingerprint density at radius 2 is 1.96 bits per heavy atom. The van der Waals surface area contributed by atoms with Crippen LogP contribution in [0.2, 0.25) is 0 Å². The van der Waals surface area contributed by atoms with E-state index in [4.69, 9.17) is 5.14 Å². The fraction of sp³-hybridized carbons (Fsp3) is 0.133. The summed E-state index contributed by atoms with van der Waals surface area (Å²) >= 11 is 0. The van der Waals surface area contributed by atoms with Crippen molar-refractivity contribution in [2.24, 2.45) is 5.14 Å². The second kappa shape index (κ2) is 6.77. The van der Waals surface area contributed by atoms with E-state index in [2.05, 4.69) is 5.32 Å². The van der Waals surface area contributed by atoms with Gasteiger partial charge in [0.15, 0.2) is 0 Å². The maximum atomic E-state index is 12.1. The van der Waals surface area contributed by atoms with Crippen molar-refractivity contribution in [1.29, 1.82) is 0 Å². The number of carbonyl (C=O) groups excluding carboxylic acids is 1. The van der Waals surface area contributed by atoms with Gasteiger partial charge in [-0.1, -0.05) is 18.2 Å². The van der Waals surface area contributed by atoms with Crippen molar-refractivity contribution in [3.05, 3.63) is 69.3 Å². The van der Waals surface area contributed by atoms with Crippen molar-refractivity contribution in [2.45, 2.75) is 18.4 Å². The van der Waals surface area contributed by atoms with Gasteiger partial charge in [-0.25, -0.2) is 13.6 Å². The van der Waals surface area contributed by atoms with Crippen molar-refractivity contribution in [3.8, 4) is 0 Å². The number of carbonyl (C=O) groups is 1. The SMILES string of the molecule is Cc1ccc(C(=O)NCc2cccc(S(N)(=O)=O)c2)cc1[N+](=O)[O-]. The van der Waals surface area contributed by atoms with E-state index in [9.17, 15) is 23.3 Å². The Hall–Kier alpha value is -2.78. The molecule has 0 saturated carbocycles. The molecule has 0 saturated heterocycles. The molecule has 126 valence electrons. The van der Waals surface area contributed by atoms with E-state index in [1.165, 1.54) is 36.4 Å². The molecule has 8 nitrogen and oxygen atoms in total. The second-order valence-electron chi connectivity index (χ2n) is 5.13. The van der Waals surface area contributed by atoms with Crippen molar-refractivity contribution < 1.29 is 18.1 Å². The number of nitro groups is 1. The van der Waals surface area contributed by atoms with Crippen LogP contribution in [0.15, 0.2) is 47.4 Å². The van der Waals surface area contributed by atoms with Gasteiger partial charge in [0.25, 0.3) is 11.6 Å². The molecule has 24 heavy (non-hydrogen) atoms. The molecule has 2 aromatic carbocycles. The fourth-order valence-corrected chi connectivity index (χ4v) is 2.65. The van der Waals surface area contributed by atoms with Crippen LogP contribution in [0.1, 0.15) is 21.5 Å². The fourth-order valence-electron chi connectivity index (χ4n) is 2.06. The number of rotatable bonds is 5. The first-order valence-corrected chi connectivity index (χ1v) is 8.38. The lowest BCUT2D eigenvalue weighted by molar-refractivity contribution is -0.385. The third kappa shape index (κ3) is 4.15. The first-order valence-electron chi connectivity index (χ1n) is 6.83. The normalized spacial score (nSPS) is 11.1. The smallest absolute Gasteiger partial charge is 0.273 e. The molecule has 9 heteroatoms. The molecule has 0 heterocycles. The van der Waals surface area contributed by atoms with E-state index >= 15 is 0 Å². The van der Waals surface area contributed by atoms with Crippen LogP contribution < -0.4 is 10.5 Å². The summed E-state index contributed by atoms with van der Waals surface area (Å²) in [5, 5.41) is 18.5. The Balaban J connectivity index is 2.14. The van der Waals surface area contributed by atoms with Crippen LogP contribution in [0.25, 0.3) is 0 Å². The molecule has 0 bridgehead atoms. The van der Waals surface area contributed by atoms with Gasteiger partial charge in [-0.15, -0.1) is 0 Å². The van der Waals surface area contributed by atoms with E-state index < -0.39 is 20.9 Å². The van der Waals surface area contributed by atoms with Crippen LogP contribution in [0.4, 0.5) is 5.69 Å². The summed E-state index contributed by atoms with van der Waals surface area (Å²) in [6, 6.07) is 10.0. The number of aryl methyl sites for hydroxylation is 1. The molecule has 1 amide bonds. The number of hydrogen-bond donors (Lipinski definition) is 2. The predicted octanol–water partition coefficient (Wildman–Crippen LogP) is 1.48. The van der Waals surface area contributed by atoms with Crippen LogP contribution in [0.3, 0.4) is 0 Å². The molecule has 0 unspecified atom stereocenters. The summed E-state index contributed by atoms with van der Waals surface area (Å²) in [7, 11) is -3.82. The summed E-state index contributed by atoms with van der Waals surface area (Å²) in [5.74, 6) is -0.501. The minimum absolute atomic E-state index is 0.0553. The molecular weight excluding hydrogens is 334 g/mol. The van der Waals surface area contributed by atoms with E-state index in [1.54, 1.807) is 13.0 Å². The minimum atomic E-state index is -3.82. The van der Waals surface area contributed by atoms with Crippen LogP contribution in [-0.4, -0.2) is 19.2 Å². The number of primary sulfonamides is 1. The van der Waals surface area contributed by atoms with Gasteiger partial charge in [-0.05, 0) is 30.7 Å². The van der Waals surface area contributed by atoms with Crippen molar-refractivity contribution in [3.63, 3.8) is 0 Å². The summed E-state index contributed by atoms with van der Waals surface area (Å²) in [5.41, 5.74) is 1.00. The first-order chi connectivity index (χ1) is 11.2. The summed E-state index contributed by atoms with van der Waals surface area (Å²) in [6.45, 7) is 1.64. The summed E-state index contributed by atoms with van der Waals surface area (Å²) < 4.78 is 22.6. The number of nitrogens with two attached hydrogens (primary N) is 1. The average Bonchev–Trinajstić information content (AvgIpc) is 2.52. The standard InChI is InChI=1S/C15H15N3O5S/c1-10-5-6-12(8-14(10)18(20)21)15(19)17-9-11-3-2-4-13(7-11)24(16,22)23/h2-8H,9H2,1H3,(H,17,19)(H2,16,22,23). The largest absolute Gasteiger partial charge is 0.348 e. The number of nitrogens with zero attached hydrogens (tertiary/aromatic N) is 1. The molecule has 0 aliphatic rings. The lowest BCUT2D eigenvalue weighted by Gasteiger charge is -2.07. The second-order valence-corrected chi connectivity index (χ2v) is 6.69. The van der Waals surface area contributed by atoms with Gasteiger partial charge in [0.2, 0.25) is 10.0 Å². The number of amides is 1. The van der Waals surface area contributed by atoms with E-state index in [-0.39, 0.29) is 22.7 Å². The Labute approximate surface area is 138 Å². The Bertz CT molecular complexity index is 909. The van der Waals surface area contributed by atoms with E-state index in [1.807, 2.05) is 0 Å². The molecule has 3 N–H and O–H groups in total. The molecule has 0 aliphatic heterocycles. The van der Waals surface area contributed by atoms with Crippen LogP contribution in [0, 0.1) is 17.0 Å². The molecule has 0 atom stereocenters. The molecule has 0 aromatic heterocycles. The zero-order valence-electron chi connectivity index (χ0n) is 12.7. The zero-order valence-corrected chi connectivity index (χ0v) is 13.5. The molecule has 0 fully saturated rings. The Morgan fingerprint density at radius 3 is 2.58 bits per heavy atom. The molecule has 0 spiro atoms. The average molecular weight is 349 g/mol. The highest BCUT2D eigenvalue weighted by atomic mass is 32.2. The highest BCUT2D eigenvalue weighted by molar-refractivity contribution is 7.89. The molecular formula is C15H15N3O5S.